The maximum absolute atomic E-state index is 7.64. The summed E-state index contributed by atoms with van der Waals surface area (Å²) in [4.78, 5) is 2.90. The van der Waals surface area contributed by atoms with Gasteiger partial charge in [0.15, 0.2) is 5.96 Å². The predicted octanol–water partition coefficient (Wildman–Crippen LogP) is -1.85. The standard InChI is InChI=1S/C3H10N2.C2H4N4.CH5N3.2CH4/c4-2-1-3-5;3-1-6-2(4)5;2-1(3)4;;/h1-5H2;(H4,4,5,6);(H5,2,3,4);2*1H4. The van der Waals surface area contributed by atoms with Gasteiger partial charge in [0, 0.05) is 0 Å². The molecule has 0 aromatic carbocycles. The van der Waals surface area contributed by atoms with E-state index in [0.717, 1.165) is 19.5 Å². The second-order valence-corrected chi connectivity index (χ2v) is 2.02. The largest absolute Gasteiger partial charge is 0.370 e. The molecule has 0 saturated carbocycles. The van der Waals surface area contributed by atoms with Crippen LogP contribution in [-0.2, 0) is 0 Å². The topological polar surface area (TPSA) is 216 Å². The van der Waals surface area contributed by atoms with Crippen LogP contribution in [-0.4, -0.2) is 25.0 Å². The Morgan fingerprint density at radius 2 is 1.35 bits per heavy atom. The third kappa shape index (κ3) is 229. The maximum Gasteiger partial charge on any atom is 0.209 e. The highest BCUT2D eigenvalue weighted by molar-refractivity contribution is 5.76. The fourth-order valence-electron chi connectivity index (χ4n) is 0.176. The molecular weight excluding hydrogens is 222 g/mol. The van der Waals surface area contributed by atoms with Gasteiger partial charge in [0.2, 0.25) is 12.2 Å². The van der Waals surface area contributed by atoms with Gasteiger partial charge in [0.05, 0.1) is 0 Å². The number of rotatable bonds is 2. The van der Waals surface area contributed by atoms with Gasteiger partial charge in [-0.25, -0.2) is 0 Å². The molecule has 0 aromatic heterocycles. The molecule has 0 aliphatic heterocycles. The number of guanidine groups is 2. The average molecular weight is 249 g/mol. The van der Waals surface area contributed by atoms with Crippen LogP contribution in [0.15, 0.2) is 4.99 Å². The third-order valence-electron chi connectivity index (χ3n) is 0.587. The van der Waals surface area contributed by atoms with E-state index in [-0.39, 0.29) is 26.8 Å². The van der Waals surface area contributed by atoms with Crippen molar-refractivity contribution < 1.29 is 0 Å². The van der Waals surface area contributed by atoms with Crippen LogP contribution < -0.4 is 34.4 Å². The van der Waals surface area contributed by atoms with Crippen molar-refractivity contribution in [2.24, 2.45) is 39.4 Å². The molecular formula is C8H27N9. The van der Waals surface area contributed by atoms with Crippen LogP contribution in [0.1, 0.15) is 21.3 Å². The van der Waals surface area contributed by atoms with Crippen LogP contribution in [0.2, 0.25) is 0 Å². The Balaban J connectivity index is -0.0000000407. The van der Waals surface area contributed by atoms with Crippen LogP contribution in [0.3, 0.4) is 0 Å². The molecule has 0 rings (SSSR count). The van der Waals surface area contributed by atoms with E-state index in [2.05, 4.69) is 16.5 Å². The van der Waals surface area contributed by atoms with Gasteiger partial charge >= 0.3 is 0 Å². The lowest BCUT2D eigenvalue weighted by molar-refractivity contribution is 0.844. The van der Waals surface area contributed by atoms with Crippen molar-refractivity contribution in [3.63, 3.8) is 0 Å². The third-order valence-corrected chi connectivity index (χ3v) is 0.587. The van der Waals surface area contributed by atoms with Crippen molar-refractivity contribution in [1.29, 1.82) is 10.7 Å². The highest BCUT2D eigenvalue weighted by Crippen LogP contribution is 1.58. The van der Waals surface area contributed by atoms with Crippen molar-refractivity contribution in [3.05, 3.63) is 0 Å². The van der Waals surface area contributed by atoms with E-state index >= 15 is 0 Å². The van der Waals surface area contributed by atoms with E-state index in [1.54, 1.807) is 0 Å². The Morgan fingerprint density at radius 1 is 1.06 bits per heavy atom. The second kappa shape index (κ2) is 29.2. The van der Waals surface area contributed by atoms with Gasteiger partial charge < -0.3 is 34.4 Å². The molecule has 0 spiro atoms. The zero-order valence-corrected chi connectivity index (χ0v) is 8.48. The Kier molecular flexibility index (Phi) is 50.5. The van der Waals surface area contributed by atoms with Gasteiger partial charge in [-0.05, 0) is 19.5 Å². The average Bonchev–Trinajstić information content (AvgIpc) is 2.05. The normalized spacial score (nSPS) is 5.94. The first-order chi connectivity index (χ1) is 6.92. The molecule has 104 valence electrons. The zero-order chi connectivity index (χ0) is 12.7. The van der Waals surface area contributed by atoms with Crippen LogP contribution in [0.5, 0.6) is 0 Å². The number of nitriles is 1. The summed E-state index contributed by atoms with van der Waals surface area (Å²) in [5, 5.41) is 13.7. The van der Waals surface area contributed by atoms with E-state index in [9.17, 15) is 0 Å². The van der Waals surface area contributed by atoms with Gasteiger partial charge in [0.25, 0.3) is 0 Å². The van der Waals surface area contributed by atoms with E-state index in [1.165, 1.54) is 6.19 Å². The summed E-state index contributed by atoms with van der Waals surface area (Å²) in [6.45, 7) is 1.44. The van der Waals surface area contributed by atoms with Crippen molar-refractivity contribution in [2.75, 3.05) is 13.1 Å². The van der Waals surface area contributed by atoms with Gasteiger partial charge in [0.1, 0.15) is 0 Å². The molecule has 0 atom stereocenters. The summed E-state index contributed by atoms with van der Waals surface area (Å²) in [5.41, 5.74) is 28.5. The van der Waals surface area contributed by atoms with Crippen LogP contribution >= 0.6 is 0 Å². The van der Waals surface area contributed by atoms with Crippen LogP contribution in [0, 0.1) is 16.9 Å². The smallest absolute Gasteiger partial charge is 0.209 e. The van der Waals surface area contributed by atoms with E-state index in [0.29, 0.717) is 0 Å². The highest BCUT2D eigenvalue weighted by Gasteiger charge is 1.68. The first-order valence-corrected chi connectivity index (χ1v) is 3.89. The fraction of sp³-hybridized carbons (Fsp3) is 0.625. The van der Waals surface area contributed by atoms with Crippen molar-refractivity contribution >= 4 is 11.9 Å². The maximum atomic E-state index is 7.64. The lowest BCUT2D eigenvalue weighted by Crippen LogP contribution is -2.21. The first-order valence-electron chi connectivity index (χ1n) is 3.89. The number of nitrogens with one attached hydrogen (secondary N) is 1. The summed E-state index contributed by atoms with van der Waals surface area (Å²) < 4.78 is 0. The quantitative estimate of drug-likeness (QED) is 0.168. The summed E-state index contributed by atoms with van der Waals surface area (Å²) in [7, 11) is 0. The van der Waals surface area contributed by atoms with Gasteiger partial charge in [-0.3, -0.25) is 5.41 Å². The molecule has 9 nitrogen and oxygen atoms in total. The van der Waals surface area contributed by atoms with Gasteiger partial charge in [-0.1, -0.05) is 14.9 Å². The molecule has 0 aliphatic rings. The molecule has 9 heteroatoms. The SMILES string of the molecule is C.C.N#CN=C(N)N.N=C(N)N.NCCCN. The summed E-state index contributed by atoms with van der Waals surface area (Å²) in [5.74, 6) is -0.530. The minimum atomic E-state index is -0.333. The van der Waals surface area contributed by atoms with Gasteiger partial charge in [-0.15, -0.1) is 4.99 Å². The summed E-state index contributed by atoms with van der Waals surface area (Å²) in [6, 6.07) is 0. The fourth-order valence-corrected chi connectivity index (χ4v) is 0.176. The van der Waals surface area contributed by atoms with Crippen molar-refractivity contribution in [2.45, 2.75) is 21.3 Å². The van der Waals surface area contributed by atoms with E-state index in [4.69, 9.17) is 33.6 Å². The molecule has 0 fully saturated rings. The molecule has 0 saturated heterocycles. The molecule has 0 amide bonds. The van der Waals surface area contributed by atoms with Crippen LogP contribution in [0.25, 0.3) is 0 Å². The first kappa shape index (κ1) is 29.4. The number of aliphatic imine (C=N–C) groups is 1. The Labute approximate surface area is 103 Å². The molecule has 0 unspecified atom stereocenters. The number of nitrogens with zero attached hydrogens (tertiary/aromatic N) is 2. The minimum absolute atomic E-state index is 0. The predicted molar refractivity (Wildman–Crippen MR) is 73.7 cm³/mol. The molecule has 0 heterocycles. The molecule has 0 bridgehead atoms. The monoisotopic (exact) mass is 249 g/mol. The Morgan fingerprint density at radius 3 is 1.35 bits per heavy atom. The molecule has 0 aliphatic carbocycles. The summed E-state index contributed by atoms with van der Waals surface area (Å²) in [6.07, 6.45) is 2.35. The molecule has 0 aromatic rings. The molecule has 17 heavy (non-hydrogen) atoms. The summed E-state index contributed by atoms with van der Waals surface area (Å²) >= 11 is 0. The minimum Gasteiger partial charge on any atom is -0.370 e. The molecule has 13 N–H and O–H groups in total. The van der Waals surface area contributed by atoms with Crippen molar-refractivity contribution in [3.8, 4) is 6.19 Å². The van der Waals surface area contributed by atoms with Crippen LogP contribution in [0.4, 0.5) is 0 Å². The highest BCUT2D eigenvalue weighted by atomic mass is 15.0. The number of nitrogens with two attached hydrogens (primary N) is 6. The van der Waals surface area contributed by atoms with Crippen molar-refractivity contribution in [1.82, 2.24) is 0 Å². The zero-order valence-electron chi connectivity index (χ0n) is 8.48. The number of hydrogen-bond acceptors (Lipinski definition) is 5. The second-order valence-electron chi connectivity index (χ2n) is 2.02. The number of hydrogen-bond donors (Lipinski definition) is 7. The lowest BCUT2D eigenvalue weighted by atomic mass is 10.4. The van der Waals surface area contributed by atoms with E-state index in [1.807, 2.05) is 0 Å². The molecule has 0 radical (unpaired) electrons. The van der Waals surface area contributed by atoms with Gasteiger partial charge in [-0.2, -0.15) is 5.26 Å². The lowest BCUT2D eigenvalue weighted by Gasteiger charge is -1.81. The Hall–Kier alpha value is -2.05. The Bertz CT molecular complexity index is 196. The van der Waals surface area contributed by atoms with E-state index < -0.39 is 0 Å².